The van der Waals surface area contributed by atoms with Crippen molar-refractivity contribution in [1.82, 2.24) is 9.55 Å². The molecule has 0 aliphatic heterocycles. The summed E-state index contributed by atoms with van der Waals surface area (Å²) >= 11 is 0. The number of carbonyl (C=O) groups is 1. The third-order valence-electron chi connectivity index (χ3n) is 5.46. The van der Waals surface area contributed by atoms with Crippen LogP contribution in [0.3, 0.4) is 0 Å². The van der Waals surface area contributed by atoms with Crippen LogP contribution in [0.5, 0.6) is 0 Å². The minimum absolute atomic E-state index is 0.170. The quantitative estimate of drug-likeness (QED) is 0.486. The van der Waals surface area contributed by atoms with Gasteiger partial charge in [0.2, 0.25) is 0 Å². The van der Waals surface area contributed by atoms with Gasteiger partial charge < -0.3 is 9.67 Å². The lowest BCUT2D eigenvalue weighted by atomic mass is 9.68. The van der Waals surface area contributed by atoms with Gasteiger partial charge >= 0.3 is 5.97 Å². The molecule has 0 amide bonds. The number of carboxylic acid groups (broad SMARTS) is 1. The van der Waals surface area contributed by atoms with E-state index in [2.05, 4.69) is 49.4 Å². The monoisotopic (exact) mass is 380 g/mol. The second kappa shape index (κ2) is 9.54. The van der Waals surface area contributed by atoms with E-state index in [-0.39, 0.29) is 5.41 Å². The Balaban J connectivity index is 2.16. The van der Waals surface area contributed by atoms with Crippen molar-refractivity contribution in [2.75, 3.05) is 0 Å². The first-order chi connectivity index (χ1) is 13.2. The maximum absolute atomic E-state index is 10.7. The molecule has 150 valence electrons. The van der Waals surface area contributed by atoms with Gasteiger partial charge in [-0.2, -0.15) is 0 Å². The molecule has 0 fully saturated rings. The number of carboxylic acids is 1. The molecule has 4 nitrogen and oxygen atoms in total. The van der Waals surface area contributed by atoms with E-state index >= 15 is 0 Å². The molecule has 1 atom stereocenters. The molecule has 1 aliphatic rings. The Morgan fingerprint density at radius 3 is 2.71 bits per heavy atom. The molecule has 2 rings (SSSR count). The predicted molar refractivity (Wildman–Crippen MR) is 115 cm³/mol. The number of imidazole rings is 1. The van der Waals surface area contributed by atoms with Gasteiger partial charge in [0.15, 0.2) is 0 Å². The van der Waals surface area contributed by atoms with E-state index in [9.17, 15) is 4.79 Å². The smallest absolute Gasteiger partial charge is 0.328 e. The summed E-state index contributed by atoms with van der Waals surface area (Å²) in [6.45, 7) is 11.7. The zero-order chi connectivity index (χ0) is 20.7. The van der Waals surface area contributed by atoms with Crippen molar-refractivity contribution in [3.05, 3.63) is 77.5 Å². The second-order valence-corrected chi connectivity index (χ2v) is 8.31. The average molecular weight is 381 g/mol. The minimum Gasteiger partial charge on any atom is -0.478 e. The summed E-state index contributed by atoms with van der Waals surface area (Å²) in [6.07, 6.45) is 19.4. The number of hydrogen-bond acceptors (Lipinski definition) is 2. The first-order valence-electron chi connectivity index (χ1n) is 9.80. The molecule has 1 unspecified atom stereocenters. The molecular formula is C24H32N2O2. The molecule has 0 saturated carbocycles. The van der Waals surface area contributed by atoms with E-state index in [1.165, 1.54) is 30.1 Å². The van der Waals surface area contributed by atoms with Crippen LogP contribution in [0.2, 0.25) is 0 Å². The van der Waals surface area contributed by atoms with E-state index in [0.29, 0.717) is 5.92 Å². The van der Waals surface area contributed by atoms with Crippen molar-refractivity contribution in [2.24, 2.45) is 11.3 Å². The molecule has 0 aromatic carbocycles. The van der Waals surface area contributed by atoms with E-state index < -0.39 is 5.97 Å². The van der Waals surface area contributed by atoms with Crippen molar-refractivity contribution in [3.63, 3.8) is 0 Å². The van der Waals surface area contributed by atoms with Crippen molar-refractivity contribution in [3.8, 4) is 0 Å². The SMILES string of the molecule is CC1=C(/C=C/C(C)=C/C=C/C(C)=C/C(=O)O)C(C)(C)CCC1Cn1ccnc1. The number of aromatic nitrogens is 2. The van der Waals surface area contributed by atoms with Crippen LogP contribution in [0.1, 0.15) is 47.5 Å². The maximum Gasteiger partial charge on any atom is 0.328 e. The van der Waals surface area contributed by atoms with Crippen molar-refractivity contribution >= 4 is 5.97 Å². The van der Waals surface area contributed by atoms with Gasteiger partial charge in [-0.25, -0.2) is 9.78 Å². The van der Waals surface area contributed by atoms with Crippen LogP contribution in [-0.2, 0) is 11.3 Å². The van der Waals surface area contributed by atoms with Crippen LogP contribution in [0, 0.1) is 11.3 Å². The van der Waals surface area contributed by atoms with Crippen LogP contribution >= 0.6 is 0 Å². The molecule has 1 aromatic heterocycles. The summed E-state index contributed by atoms with van der Waals surface area (Å²) in [5, 5.41) is 8.75. The molecule has 0 radical (unpaired) electrons. The zero-order valence-electron chi connectivity index (χ0n) is 17.6. The summed E-state index contributed by atoms with van der Waals surface area (Å²) in [4.78, 5) is 14.8. The van der Waals surface area contributed by atoms with Crippen molar-refractivity contribution in [2.45, 2.75) is 54.0 Å². The summed E-state index contributed by atoms with van der Waals surface area (Å²) < 4.78 is 2.16. The fourth-order valence-electron chi connectivity index (χ4n) is 3.74. The van der Waals surface area contributed by atoms with Crippen molar-refractivity contribution < 1.29 is 9.90 Å². The first-order valence-corrected chi connectivity index (χ1v) is 9.80. The Labute approximate surface area is 168 Å². The highest BCUT2D eigenvalue weighted by atomic mass is 16.4. The minimum atomic E-state index is -0.921. The number of allylic oxidation sites excluding steroid dienone is 9. The topological polar surface area (TPSA) is 55.1 Å². The highest BCUT2D eigenvalue weighted by molar-refractivity contribution is 5.81. The van der Waals surface area contributed by atoms with Crippen LogP contribution in [-0.4, -0.2) is 20.6 Å². The fourth-order valence-corrected chi connectivity index (χ4v) is 3.74. The molecule has 0 saturated heterocycles. The lowest BCUT2D eigenvalue weighted by Crippen LogP contribution is -2.26. The summed E-state index contributed by atoms with van der Waals surface area (Å²) in [7, 11) is 0. The normalized spacial score (nSPS) is 21.1. The number of nitrogens with zero attached hydrogens (tertiary/aromatic N) is 2. The van der Waals surface area contributed by atoms with Crippen LogP contribution in [0.25, 0.3) is 0 Å². The zero-order valence-corrected chi connectivity index (χ0v) is 17.6. The second-order valence-electron chi connectivity index (χ2n) is 8.31. The van der Waals surface area contributed by atoms with E-state index in [0.717, 1.165) is 17.7 Å². The first kappa shape index (κ1) is 21.7. The Kier molecular flexibility index (Phi) is 7.38. The molecule has 1 aliphatic carbocycles. The standard InChI is InChI=1S/C24H32N2O2/c1-18(7-6-8-19(2)15-23(27)28)9-10-22-20(3)21(11-12-24(22,4)5)16-26-14-13-25-17-26/h6-10,13-15,17,21H,11-12,16H2,1-5H3,(H,27,28)/b8-6+,10-9+,18-7+,19-15+. The van der Waals surface area contributed by atoms with E-state index in [4.69, 9.17) is 5.11 Å². The third kappa shape index (κ3) is 6.22. The fraction of sp³-hybridized carbons (Fsp3) is 0.417. The Morgan fingerprint density at radius 1 is 1.32 bits per heavy atom. The van der Waals surface area contributed by atoms with Crippen LogP contribution < -0.4 is 0 Å². The van der Waals surface area contributed by atoms with Gasteiger partial charge in [-0.1, -0.05) is 55.4 Å². The van der Waals surface area contributed by atoms with Gasteiger partial charge in [-0.3, -0.25) is 0 Å². The predicted octanol–water partition coefficient (Wildman–Crippen LogP) is 5.73. The molecule has 0 spiro atoms. The molecule has 28 heavy (non-hydrogen) atoms. The third-order valence-corrected chi connectivity index (χ3v) is 5.46. The van der Waals surface area contributed by atoms with Gasteiger partial charge in [0.25, 0.3) is 0 Å². The number of rotatable bonds is 7. The highest BCUT2D eigenvalue weighted by Gasteiger charge is 2.31. The van der Waals surface area contributed by atoms with E-state index in [1.54, 1.807) is 6.92 Å². The summed E-state index contributed by atoms with van der Waals surface area (Å²) in [6, 6.07) is 0. The average Bonchev–Trinajstić information content (AvgIpc) is 3.09. The van der Waals surface area contributed by atoms with Gasteiger partial charge in [-0.05, 0) is 56.1 Å². The summed E-state index contributed by atoms with van der Waals surface area (Å²) in [5.74, 6) is -0.384. The van der Waals surface area contributed by atoms with Crippen LogP contribution in [0.4, 0.5) is 0 Å². The lowest BCUT2D eigenvalue weighted by molar-refractivity contribution is -0.131. The molecule has 0 bridgehead atoms. The Hall–Kier alpha value is -2.62. The Morgan fingerprint density at radius 2 is 2.07 bits per heavy atom. The van der Waals surface area contributed by atoms with Gasteiger partial charge in [0, 0.05) is 25.0 Å². The molecule has 1 N–H and O–H groups in total. The molecular weight excluding hydrogens is 348 g/mol. The molecule has 4 heteroatoms. The van der Waals surface area contributed by atoms with Crippen LogP contribution in [0.15, 0.2) is 77.5 Å². The number of aliphatic carboxylic acids is 1. The van der Waals surface area contributed by atoms with E-state index in [1.807, 2.05) is 36.9 Å². The summed E-state index contributed by atoms with van der Waals surface area (Å²) in [5.41, 5.74) is 4.90. The molecule has 1 aromatic rings. The van der Waals surface area contributed by atoms with Crippen molar-refractivity contribution in [1.29, 1.82) is 0 Å². The van der Waals surface area contributed by atoms with Gasteiger partial charge in [0.05, 0.1) is 6.33 Å². The highest BCUT2D eigenvalue weighted by Crippen LogP contribution is 2.44. The number of hydrogen-bond donors (Lipinski definition) is 1. The maximum atomic E-state index is 10.7. The Bertz CT molecular complexity index is 834. The molecule has 1 heterocycles. The van der Waals surface area contributed by atoms with Gasteiger partial charge in [-0.15, -0.1) is 0 Å². The lowest BCUT2D eigenvalue weighted by Gasteiger charge is -2.37. The largest absolute Gasteiger partial charge is 0.478 e. The van der Waals surface area contributed by atoms with Gasteiger partial charge in [0.1, 0.15) is 0 Å².